The van der Waals surface area contributed by atoms with Crippen LogP contribution in [0, 0.1) is 6.92 Å². The van der Waals surface area contributed by atoms with Crippen molar-refractivity contribution in [1.82, 2.24) is 29.8 Å². The van der Waals surface area contributed by atoms with E-state index in [4.69, 9.17) is 5.73 Å². The number of nitrogens with zero attached hydrogens (tertiary/aromatic N) is 6. The Bertz CT molecular complexity index is 925. The van der Waals surface area contributed by atoms with Crippen molar-refractivity contribution in [2.24, 2.45) is 12.8 Å². The number of aromatic nitrogens is 6. The maximum absolute atomic E-state index is 12.6. The third-order valence-electron chi connectivity index (χ3n) is 3.19. The van der Waals surface area contributed by atoms with E-state index in [2.05, 4.69) is 20.5 Å². The van der Waals surface area contributed by atoms with Gasteiger partial charge in [0.1, 0.15) is 11.2 Å². The van der Waals surface area contributed by atoms with Crippen molar-refractivity contribution >= 4 is 16.8 Å². The third-order valence-corrected chi connectivity index (χ3v) is 3.19. The summed E-state index contributed by atoms with van der Waals surface area (Å²) in [7, 11) is 1.56. The molecule has 0 aliphatic heterocycles. The largest absolute Gasteiger partial charge is 0.364 e. The first-order valence-electron chi connectivity index (χ1n) is 6.04. The lowest BCUT2D eigenvalue weighted by Gasteiger charge is -2.10. The fourth-order valence-corrected chi connectivity index (χ4v) is 2.13. The number of rotatable bonds is 2. The zero-order valence-corrected chi connectivity index (χ0v) is 11.3. The summed E-state index contributed by atoms with van der Waals surface area (Å²) >= 11 is 0. The van der Waals surface area contributed by atoms with Crippen LogP contribution in [0.3, 0.4) is 0 Å². The molecule has 3 aromatic rings. The van der Waals surface area contributed by atoms with Gasteiger partial charge in [-0.15, -0.1) is 0 Å². The predicted octanol–water partition coefficient (Wildman–Crippen LogP) is -0.683. The summed E-state index contributed by atoms with van der Waals surface area (Å²) in [5.41, 5.74) is 5.93. The molecule has 3 rings (SSSR count). The summed E-state index contributed by atoms with van der Waals surface area (Å²) in [6.07, 6.45) is 1.53. The van der Waals surface area contributed by atoms with E-state index in [0.717, 1.165) is 10.1 Å². The molecule has 0 atom stereocenters. The summed E-state index contributed by atoms with van der Waals surface area (Å²) in [4.78, 5) is 28.4. The van der Waals surface area contributed by atoms with Crippen molar-refractivity contribution in [2.75, 3.05) is 0 Å². The second-order valence-electron chi connectivity index (χ2n) is 4.53. The number of tetrazole rings is 1. The highest BCUT2D eigenvalue weighted by molar-refractivity contribution is 5.96. The van der Waals surface area contributed by atoms with E-state index >= 15 is 0 Å². The van der Waals surface area contributed by atoms with Gasteiger partial charge in [0.2, 0.25) is 0 Å². The highest BCUT2D eigenvalue weighted by Gasteiger charge is 2.19. The highest BCUT2D eigenvalue weighted by Crippen LogP contribution is 2.16. The average molecular weight is 285 g/mol. The molecule has 0 radical (unpaired) electrons. The Morgan fingerprint density at radius 1 is 1.38 bits per heavy atom. The molecule has 0 unspecified atom stereocenters. The van der Waals surface area contributed by atoms with Crippen LogP contribution in [-0.2, 0) is 7.05 Å². The molecule has 21 heavy (non-hydrogen) atoms. The van der Waals surface area contributed by atoms with E-state index in [0.29, 0.717) is 5.39 Å². The topological polar surface area (TPSA) is 122 Å². The Morgan fingerprint density at radius 2 is 2.14 bits per heavy atom. The molecule has 0 aromatic carbocycles. The molecule has 0 saturated heterocycles. The van der Waals surface area contributed by atoms with Crippen LogP contribution in [-0.4, -0.2) is 35.7 Å². The standard InChI is InChI=1S/C12H11N7O2/c1-6-3-4-14-9-7(6)5-8(10(13)20)19(11(9)21)12-15-16-17-18(12)2/h3-5H,1-2H3,(H2,13,20). The SMILES string of the molecule is Cc1ccnc2c(=O)n(-c3nnnn3C)c(C(N)=O)cc12. The minimum atomic E-state index is -0.750. The zero-order valence-electron chi connectivity index (χ0n) is 11.3. The summed E-state index contributed by atoms with van der Waals surface area (Å²) in [5, 5.41) is 11.4. The van der Waals surface area contributed by atoms with E-state index in [-0.39, 0.29) is 17.2 Å². The number of aryl methyl sites for hydroxylation is 2. The van der Waals surface area contributed by atoms with Crippen molar-refractivity contribution in [3.05, 3.63) is 39.9 Å². The van der Waals surface area contributed by atoms with Gasteiger partial charge in [0, 0.05) is 18.6 Å². The van der Waals surface area contributed by atoms with Crippen LogP contribution in [0.4, 0.5) is 0 Å². The first-order chi connectivity index (χ1) is 10.0. The van der Waals surface area contributed by atoms with Gasteiger partial charge < -0.3 is 5.73 Å². The smallest absolute Gasteiger partial charge is 0.284 e. The number of hydrogen-bond donors (Lipinski definition) is 1. The summed E-state index contributed by atoms with van der Waals surface area (Å²) in [5.74, 6) is -0.653. The maximum Gasteiger partial charge on any atom is 0.284 e. The van der Waals surface area contributed by atoms with Crippen LogP contribution in [0.1, 0.15) is 16.1 Å². The van der Waals surface area contributed by atoms with E-state index in [9.17, 15) is 9.59 Å². The van der Waals surface area contributed by atoms with Crippen LogP contribution in [0.15, 0.2) is 23.1 Å². The molecule has 9 heteroatoms. The first kappa shape index (κ1) is 12.9. The Balaban J connectivity index is 2.52. The fourth-order valence-electron chi connectivity index (χ4n) is 2.13. The zero-order chi connectivity index (χ0) is 15.1. The number of hydrogen-bond acceptors (Lipinski definition) is 6. The Labute approximate surface area is 118 Å². The number of carbonyl (C=O) groups is 1. The molecule has 0 saturated carbocycles. The monoisotopic (exact) mass is 285 g/mol. The van der Waals surface area contributed by atoms with E-state index in [1.165, 1.54) is 16.9 Å². The number of nitrogens with two attached hydrogens (primary N) is 1. The molecule has 1 amide bonds. The lowest BCUT2D eigenvalue weighted by molar-refractivity contribution is 0.0992. The van der Waals surface area contributed by atoms with Crippen LogP contribution >= 0.6 is 0 Å². The van der Waals surface area contributed by atoms with Gasteiger partial charge in [0.05, 0.1) is 0 Å². The molecule has 0 spiro atoms. The number of carbonyl (C=O) groups excluding carboxylic acids is 1. The molecule has 106 valence electrons. The normalized spacial score (nSPS) is 11.0. The van der Waals surface area contributed by atoms with Crippen molar-refractivity contribution in [3.8, 4) is 5.95 Å². The highest BCUT2D eigenvalue weighted by atomic mass is 16.2. The number of pyridine rings is 2. The fraction of sp³-hybridized carbons (Fsp3) is 0.167. The lowest BCUT2D eigenvalue weighted by Crippen LogP contribution is -2.30. The van der Waals surface area contributed by atoms with Crippen molar-refractivity contribution < 1.29 is 4.79 Å². The van der Waals surface area contributed by atoms with Gasteiger partial charge in [-0.05, 0) is 35.0 Å². The van der Waals surface area contributed by atoms with Gasteiger partial charge in [-0.2, -0.15) is 0 Å². The van der Waals surface area contributed by atoms with E-state index < -0.39 is 11.5 Å². The molecular weight excluding hydrogens is 274 g/mol. The predicted molar refractivity (Wildman–Crippen MR) is 73.0 cm³/mol. The number of amides is 1. The first-order valence-corrected chi connectivity index (χ1v) is 6.04. The number of fused-ring (bicyclic) bond motifs is 1. The molecule has 0 bridgehead atoms. The molecule has 3 heterocycles. The van der Waals surface area contributed by atoms with Gasteiger partial charge in [-0.3, -0.25) is 14.6 Å². The molecule has 0 aliphatic carbocycles. The summed E-state index contributed by atoms with van der Waals surface area (Å²) < 4.78 is 2.34. The van der Waals surface area contributed by atoms with Gasteiger partial charge in [-0.1, -0.05) is 5.10 Å². The van der Waals surface area contributed by atoms with Crippen LogP contribution in [0.2, 0.25) is 0 Å². The van der Waals surface area contributed by atoms with E-state index in [1.807, 2.05) is 6.92 Å². The number of primary amides is 1. The Hall–Kier alpha value is -3.10. The Morgan fingerprint density at radius 3 is 2.76 bits per heavy atom. The second-order valence-corrected chi connectivity index (χ2v) is 4.53. The van der Waals surface area contributed by atoms with Gasteiger partial charge in [0.15, 0.2) is 0 Å². The van der Waals surface area contributed by atoms with Crippen LogP contribution in [0.5, 0.6) is 0 Å². The van der Waals surface area contributed by atoms with Crippen LogP contribution in [0.25, 0.3) is 16.9 Å². The molecule has 3 aromatic heterocycles. The molecule has 9 nitrogen and oxygen atoms in total. The average Bonchev–Trinajstić information content (AvgIpc) is 2.85. The van der Waals surface area contributed by atoms with Crippen molar-refractivity contribution in [2.45, 2.75) is 6.92 Å². The van der Waals surface area contributed by atoms with Gasteiger partial charge >= 0.3 is 0 Å². The molecule has 2 N–H and O–H groups in total. The minimum absolute atomic E-state index is 0.00139. The quantitative estimate of drug-likeness (QED) is 0.665. The molecular formula is C12H11N7O2. The lowest BCUT2D eigenvalue weighted by atomic mass is 10.1. The molecule has 0 aliphatic rings. The summed E-state index contributed by atoms with van der Waals surface area (Å²) in [6.45, 7) is 1.82. The van der Waals surface area contributed by atoms with Crippen LogP contribution < -0.4 is 11.3 Å². The summed E-state index contributed by atoms with van der Waals surface area (Å²) in [6, 6.07) is 3.27. The Kier molecular flexibility index (Phi) is 2.75. The maximum atomic E-state index is 12.6. The van der Waals surface area contributed by atoms with E-state index in [1.54, 1.807) is 13.1 Å². The van der Waals surface area contributed by atoms with Gasteiger partial charge in [-0.25, -0.2) is 9.25 Å². The molecule has 0 fully saturated rings. The van der Waals surface area contributed by atoms with Crippen molar-refractivity contribution in [1.29, 1.82) is 0 Å². The second kappa shape index (κ2) is 4.47. The third kappa shape index (κ3) is 1.86. The van der Waals surface area contributed by atoms with Gasteiger partial charge in [0.25, 0.3) is 17.4 Å². The van der Waals surface area contributed by atoms with Crippen molar-refractivity contribution in [3.63, 3.8) is 0 Å². The minimum Gasteiger partial charge on any atom is -0.364 e.